The summed E-state index contributed by atoms with van der Waals surface area (Å²) < 4.78 is 24.4. The van der Waals surface area contributed by atoms with Crippen LogP contribution in [0.1, 0.15) is 11.6 Å². The molecule has 0 spiro atoms. The molecule has 1 heterocycles. The number of likely N-dealkylation sites (N-methyl/N-ethyl adjacent to an activating group) is 1. The Kier molecular flexibility index (Phi) is 4.58. The fourth-order valence-corrected chi connectivity index (χ4v) is 1.50. The first kappa shape index (κ1) is 12.0. The van der Waals surface area contributed by atoms with Crippen molar-refractivity contribution in [1.82, 2.24) is 9.88 Å². The molecule has 1 atom stereocenters. The number of hydrogen-bond acceptors (Lipinski definition) is 3. The highest BCUT2D eigenvalue weighted by atomic mass is 19.3. The fraction of sp³-hybridized carbons (Fsp3) is 0.500. The van der Waals surface area contributed by atoms with Crippen LogP contribution in [0.25, 0.3) is 0 Å². The number of pyridine rings is 1. The zero-order valence-corrected chi connectivity index (χ0v) is 8.61. The zero-order valence-electron chi connectivity index (χ0n) is 8.61. The summed E-state index contributed by atoms with van der Waals surface area (Å²) in [4.78, 5) is 5.43. The van der Waals surface area contributed by atoms with Gasteiger partial charge in [0.1, 0.15) is 0 Å². The van der Waals surface area contributed by atoms with Crippen molar-refractivity contribution in [3.63, 3.8) is 0 Å². The van der Waals surface area contributed by atoms with Crippen LogP contribution in [0.5, 0.6) is 0 Å². The van der Waals surface area contributed by atoms with Gasteiger partial charge in [-0.05, 0) is 24.7 Å². The summed E-state index contributed by atoms with van der Waals surface area (Å²) >= 11 is 0. The quantitative estimate of drug-likeness (QED) is 0.804. The maximum absolute atomic E-state index is 12.2. The van der Waals surface area contributed by atoms with E-state index in [9.17, 15) is 8.78 Å². The van der Waals surface area contributed by atoms with Crippen LogP contribution < -0.4 is 5.73 Å². The van der Waals surface area contributed by atoms with E-state index in [0.29, 0.717) is 6.54 Å². The second kappa shape index (κ2) is 5.72. The lowest BCUT2D eigenvalue weighted by atomic mass is 10.1. The van der Waals surface area contributed by atoms with Crippen LogP contribution in [0.4, 0.5) is 8.78 Å². The zero-order chi connectivity index (χ0) is 11.3. The first-order valence-corrected chi connectivity index (χ1v) is 4.73. The number of alkyl halides is 2. The van der Waals surface area contributed by atoms with E-state index in [1.807, 2.05) is 0 Å². The van der Waals surface area contributed by atoms with Crippen molar-refractivity contribution < 1.29 is 8.78 Å². The Labute approximate surface area is 87.9 Å². The van der Waals surface area contributed by atoms with Gasteiger partial charge in [-0.25, -0.2) is 8.78 Å². The Balaban J connectivity index is 2.71. The molecule has 5 heteroatoms. The van der Waals surface area contributed by atoms with Crippen LogP contribution in [0.3, 0.4) is 0 Å². The number of aromatic nitrogens is 1. The van der Waals surface area contributed by atoms with Gasteiger partial charge >= 0.3 is 0 Å². The predicted octanol–water partition coefficient (Wildman–Crippen LogP) is 1.28. The van der Waals surface area contributed by atoms with Crippen LogP contribution in [-0.2, 0) is 0 Å². The molecule has 0 aliphatic carbocycles. The summed E-state index contributed by atoms with van der Waals surface area (Å²) in [7, 11) is 1.64. The van der Waals surface area contributed by atoms with Gasteiger partial charge < -0.3 is 5.73 Å². The van der Waals surface area contributed by atoms with Gasteiger partial charge in [-0.3, -0.25) is 9.88 Å². The monoisotopic (exact) mass is 215 g/mol. The van der Waals surface area contributed by atoms with E-state index >= 15 is 0 Å². The van der Waals surface area contributed by atoms with Gasteiger partial charge in [-0.15, -0.1) is 0 Å². The molecule has 0 aliphatic rings. The van der Waals surface area contributed by atoms with Crippen molar-refractivity contribution >= 4 is 0 Å². The van der Waals surface area contributed by atoms with E-state index in [1.165, 1.54) is 0 Å². The number of halogens is 2. The van der Waals surface area contributed by atoms with Gasteiger partial charge in [0.2, 0.25) is 0 Å². The average molecular weight is 215 g/mol. The van der Waals surface area contributed by atoms with Gasteiger partial charge in [0, 0.05) is 25.0 Å². The molecule has 0 aliphatic heterocycles. The van der Waals surface area contributed by atoms with E-state index < -0.39 is 6.43 Å². The van der Waals surface area contributed by atoms with Gasteiger partial charge in [0.05, 0.1) is 6.54 Å². The number of rotatable bonds is 5. The van der Waals surface area contributed by atoms with Crippen molar-refractivity contribution in [2.45, 2.75) is 12.5 Å². The second-order valence-corrected chi connectivity index (χ2v) is 3.36. The van der Waals surface area contributed by atoms with Gasteiger partial charge in [0.25, 0.3) is 6.43 Å². The lowest BCUT2D eigenvalue weighted by molar-refractivity contribution is 0.0822. The minimum atomic E-state index is -2.34. The molecule has 0 aromatic carbocycles. The lowest BCUT2D eigenvalue weighted by Crippen LogP contribution is -2.33. The third-order valence-electron chi connectivity index (χ3n) is 2.27. The lowest BCUT2D eigenvalue weighted by Gasteiger charge is -2.26. The Hall–Kier alpha value is -1.07. The minimum Gasteiger partial charge on any atom is -0.329 e. The van der Waals surface area contributed by atoms with E-state index in [2.05, 4.69) is 4.98 Å². The molecule has 0 radical (unpaired) electrons. The molecule has 84 valence electrons. The number of nitrogens with two attached hydrogens (primary N) is 1. The summed E-state index contributed by atoms with van der Waals surface area (Å²) in [5.74, 6) is 0. The van der Waals surface area contributed by atoms with Gasteiger partial charge in [-0.1, -0.05) is 0 Å². The molecular weight excluding hydrogens is 200 g/mol. The third kappa shape index (κ3) is 3.53. The number of hydrogen-bond donors (Lipinski definition) is 1. The van der Waals surface area contributed by atoms with Crippen LogP contribution in [0, 0.1) is 0 Å². The molecule has 1 aromatic heterocycles. The van der Waals surface area contributed by atoms with E-state index in [4.69, 9.17) is 5.73 Å². The van der Waals surface area contributed by atoms with E-state index in [-0.39, 0.29) is 12.6 Å². The normalized spacial score (nSPS) is 13.5. The molecule has 0 saturated heterocycles. The largest absolute Gasteiger partial charge is 0.329 e. The molecule has 1 unspecified atom stereocenters. The number of nitrogens with zero attached hydrogens (tertiary/aromatic N) is 2. The molecule has 1 aromatic rings. The first-order valence-electron chi connectivity index (χ1n) is 4.73. The molecular formula is C10H15F2N3. The Morgan fingerprint density at radius 3 is 2.47 bits per heavy atom. The molecule has 0 saturated carbocycles. The molecule has 1 rings (SSSR count). The maximum Gasteiger partial charge on any atom is 0.251 e. The van der Waals surface area contributed by atoms with E-state index in [1.54, 1.807) is 36.5 Å². The van der Waals surface area contributed by atoms with Crippen molar-refractivity contribution in [2.24, 2.45) is 5.73 Å². The summed E-state index contributed by atoms with van der Waals surface area (Å²) in [5, 5.41) is 0. The predicted molar refractivity (Wildman–Crippen MR) is 54.7 cm³/mol. The Morgan fingerprint density at radius 2 is 2.00 bits per heavy atom. The van der Waals surface area contributed by atoms with Gasteiger partial charge in [0.15, 0.2) is 0 Å². The van der Waals surface area contributed by atoms with Crippen LogP contribution >= 0.6 is 0 Å². The van der Waals surface area contributed by atoms with Crippen molar-refractivity contribution in [3.05, 3.63) is 30.1 Å². The molecule has 0 amide bonds. The summed E-state index contributed by atoms with van der Waals surface area (Å²) in [6.45, 7) is 0.0391. The second-order valence-electron chi connectivity index (χ2n) is 3.36. The van der Waals surface area contributed by atoms with Crippen LogP contribution in [0.15, 0.2) is 24.5 Å². The topological polar surface area (TPSA) is 42.1 Å². The smallest absolute Gasteiger partial charge is 0.251 e. The SMILES string of the molecule is CN(CC(F)F)C(CN)c1ccncc1. The first-order chi connectivity index (χ1) is 7.15. The Bertz CT molecular complexity index is 279. The van der Waals surface area contributed by atoms with Crippen molar-refractivity contribution in [3.8, 4) is 0 Å². The highest BCUT2D eigenvalue weighted by Crippen LogP contribution is 2.17. The summed E-state index contributed by atoms with van der Waals surface area (Å²) in [5.41, 5.74) is 6.49. The average Bonchev–Trinajstić information content (AvgIpc) is 2.19. The highest BCUT2D eigenvalue weighted by molar-refractivity contribution is 5.15. The molecule has 0 bridgehead atoms. The minimum absolute atomic E-state index is 0.179. The Morgan fingerprint density at radius 1 is 1.40 bits per heavy atom. The third-order valence-corrected chi connectivity index (χ3v) is 2.27. The molecule has 15 heavy (non-hydrogen) atoms. The van der Waals surface area contributed by atoms with Crippen LogP contribution in [-0.4, -0.2) is 36.4 Å². The van der Waals surface area contributed by atoms with E-state index in [0.717, 1.165) is 5.56 Å². The fourth-order valence-electron chi connectivity index (χ4n) is 1.50. The molecule has 0 fully saturated rings. The van der Waals surface area contributed by atoms with Crippen molar-refractivity contribution in [2.75, 3.05) is 20.1 Å². The summed E-state index contributed by atoms with van der Waals surface area (Å²) in [6.07, 6.45) is 0.925. The molecule has 2 N–H and O–H groups in total. The standard InChI is InChI=1S/C10H15F2N3/c1-15(7-10(11)12)9(6-13)8-2-4-14-5-3-8/h2-5,9-10H,6-7,13H2,1H3. The molecule has 3 nitrogen and oxygen atoms in total. The highest BCUT2D eigenvalue weighted by Gasteiger charge is 2.18. The van der Waals surface area contributed by atoms with Crippen LogP contribution in [0.2, 0.25) is 0 Å². The maximum atomic E-state index is 12.2. The van der Waals surface area contributed by atoms with Gasteiger partial charge in [-0.2, -0.15) is 0 Å². The summed E-state index contributed by atoms with van der Waals surface area (Å²) in [6, 6.07) is 3.40. The van der Waals surface area contributed by atoms with Crippen molar-refractivity contribution in [1.29, 1.82) is 0 Å².